The van der Waals surface area contributed by atoms with Crippen LogP contribution in [0.3, 0.4) is 0 Å². The SMILES string of the molecule is C/C=C/C=C(\C=C(/C)CN(CCC)CCCC)N(Cc1ccc(O)cc1)n1cnnc1.N. The zero-order valence-corrected chi connectivity index (χ0v) is 20.1. The van der Waals surface area contributed by atoms with Gasteiger partial charge in [0.25, 0.3) is 0 Å². The largest absolute Gasteiger partial charge is 0.508 e. The number of unbranched alkanes of at least 4 members (excludes halogenated alkanes) is 1. The van der Waals surface area contributed by atoms with E-state index < -0.39 is 0 Å². The van der Waals surface area contributed by atoms with Gasteiger partial charge >= 0.3 is 0 Å². The van der Waals surface area contributed by atoms with Gasteiger partial charge in [0.1, 0.15) is 18.4 Å². The highest BCUT2D eigenvalue weighted by molar-refractivity contribution is 5.36. The highest BCUT2D eigenvalue weighted by Gasteiger charge is 2.13. The molecule has 2 aromatic rings. The Morgan fingerprint density at radius 2 is 1.75 bits per heavy atom. The molecule has 176 valence electrons. The molecule has 0 aliphatic heterocycles. The van der Waals surface area contributed by atoms with Crippen molar-refractivity contribution in [2.45, 2.75) is 53.5 Å². The van der Waals surface area contributed by atoms with Crippen molar-refractivity contribution in [3.05, 3.63) is 78.1 Å². The van der Waals surface area contributed by atoms with E-state index in [-0.39, 0.29) is 11.9 Å². The predicted molar refractivity (Wildman–Crippen MR) is 133 cm³/mol. The third-order valence-electron chi connectivity index (χ3n) is 4.95. The average Bonchev–Trinajstić information content (AvgIpc) is 3.29. The van der Waals surface area contributed by atoms with Crippen molar-refractivity contribution in [1.29, 1.82) is 0 Å². The number of hydrogen-bond acceptors (Lipinski definition) is 6. The van der Waals surface area contributed by atoms with Crippen molar-refractivity contribution in [2.24, 2.45) is 0 Å². The minimum Gasteiger partial charge on any atom is -0.508 e. The number of phenolic OH excluding ortho intramolecular Hbond substituents is 1. The van der Waals surface area contributed by atoms with E-state index in [1.165, 1.54) is 18.4 Å². The second-order valence-electron chi connectivity index (χ2n) is 7.80. The van der Waals surface area contributed by atoms with Gasteiger partial charge in [0.15, 0.2) is 0 Å². The molecule has 0 bridgehead atoms. The Labute approximate surface area is 193 Å². The van der Waals surface area contributed by atoms with Crippen molar-refractivity contribution in [2.75, 3.05) is 24.6 Å². The summed E-state index contributed by atoms with van der Waals surface area (Å²) in [5.41, 5.74) is 3.44. The lowest BCUT2D eigenvalue weighted by atomic mass is 10.1. The summed E-state index contributed by atoms with van der Waals surface area (Å²) < 4.78 is 1.90. The summed E-state index contributed by atoms with van der Waals surface area (Å²) in [6.45, 7) is 12.5. The molecule has 0 aliphatic rings. The molecule has 0 saturated heterocycles. The monoisotopic (exact) mass is 440 g/mol. The molecule has 1 aromatic carbocycles. The second kappa shape index (κ2) is 15.0. The van der Waals surface area contributed by atoms with Gasteiger partial charge in [0.05, 0.1) is 12.2 Å². The molecule has 2 rings (SSSR count). The van der Waals surface area contributed by atoms with Crippen LogP contribution in [0.5, 0.6) is 5.75 Å². The first-order valence-electron chi connectivity index (χ1n) is 11.2. The summed E-state index contributed by atoms with van der Waals surface area (Å²) in [6, 6.07) is 7.30. The molecule has 32 heavy (non-hydrogen) atoms. The molecule has 0 unspecified atom stereocenters. The summed E-state index contributed by atoms with van der Waals surface area (Å²) in [7, 11) is 0. The quantitative estimate of drug-likeness (QED) is 0.416. The van der Waals surface area contributed by atoms with E-state index >= 15 is 0 Å². The van der Waals surface area contributed by atoms with E-state index in [1.54, 1.807) is 24.8 Å². The second-order valence-corrected chi connectivity index (χ2v) is 7.80. The molecule has 0 fully saturated rings. The van der Waals surface area contributed by atoms with Crippen LogP contribution in [0, 0.1) is 0 Å². The highest BCUT2D eigenvalue weighted by atomic mass is 16.3. The zero-order valence-electron chi connectivity index (χ0n) is 20.1. The van der Waals surface area contributed by atoms with E-state index in [4.69, 9.17) is 0 Å². The van der Waals surface area contributed by atoms with E-state index in [2.05, 4.69) is 53.0 Å². The first-order chi connectivity index (χ1) is 15.1. The van der Waals surface area contributed by atoms with Crippen molar-refractivity contribution in [3.8, 4) is 5.75 Å². The number of allylic oxidation sites excluding steroid dienone is 4. The minimum atomic E-state index is 0. The summed E-state index contributed by atoms with van der Waals surface area (Å²) in [5, 5.41) is 19.8. The molecular formula is C25H40N6O. The molecule has 0 atom stereocenters. The van der Waals surface area contributed by atoms with E-state index in [9.17, 15) is 5.11 Å². The molecule has 0 aliphatic carbocycles. The maximum Gasteiger partial charge on any atom is 0.139 e. The number of nitrogens with zero attached hydrogens (tertiary/aromatic N) is 5. The first kappa shape index (κ1) is 27.1. The number of benzene rings is 1. The van der Waals surface area contributed by atoms with Gasteiger partial charge in [-0.15, -0.1) is 10.2 Å². The molecular weight excluding hydrogens is 400 g/mol. The highest BCUT2D eigenvalue weighted by Crippen LogP contribution is 2.17. The summed E-state index contributed by atoms with van der Waals surface area (Å²) >= 11 is 0. The Morgan fingerprint density at radius 3 is 2.34 bits per heavy atom. The fourth-order valence-corrected chi connectivity index (χ4v) is 3.42. The Kier molecular flexibility index (Phi) is 12.7. The molecule has 0 amide bonds. The third kappa shape index (κ3) is 9.08. The number of aromatic nitrogens is 3. The fraction of sp³-hybridized carbons (Fsp3) is 0.440. The van der Waals surface area contributed by atoms with E-state index in [0.717, 1.165) is 37.3 Å². The molecule has 0 saturated carbocycles. The third-order valence-corrected chi connectivity index (χ3v) is 4.95. The van der Waals surface area contributed by atoms with Gasteiger partial charge in [-0.2, -0.15) is 0 Å². The number of aromatic hydroxyl groups is 1. The van der Waals surface area contributed by atoms with Gasteiger partial charge in [0.2, 0.25) is 0 Å². The molecule has 1 heterocycles. The standard InChI is InChI=1S/C25H37N5O.H3N/c1-5-8-10-24(17-22(4)18-28(15-7-3)16-9-6-2)30(29-20-26-27-21-29)19-23-11-13-25(31)14-12-23;/h5,8,10-14,17,20-21,31H,6-7,9,15-16,18-19H2,1-4H3;1H3/b8-5+,22-17+,24-10+;. The summed E-state index contributed by atoms with van der Waals surface area (Å²) in [5.74, 6) is 0.267. The van der Waals surface area contributed by atoms with Crippen LogP contribution >= 0.6 is 0 Å². The number of phenols is 1. The predicted octanol–water partition coefficient (Wildman–Crippen LogP) is 5.20. The Hall–Kier alpha value is -2.90. The van der Waals surface area contributed by atoms with Gasteiger partial charge in [0, 0.05) is 6.54 Å². The lowest BCUT2D eigenvalue weighted by Gasteiger charge is -2.27. The van der Waals surface area contributed by atoms with Crippen LogP contribution in [-0.2, 0) is 6.54 Å². The van der Waals surface area contributed by atoms with E-state index in [1.807, 2.05) is 35.9 Å². The number of rotatable bonds is 13. The van der Waals surface area contributed by atoms with Crippen LogP contribution in [0.15, 0.2) is 72.5 Å². The van der Waals surface area contributed by atoms with Crippen LogP contribution in [0.2, 0.25) is 0 Å². The van der Waals surface area contributed by atoms with Crippen molar-refractivity contribution in [3.63, 3.8) is 0 Å². The minimum absolute atomic E-state index is 0. The lowest BCUT2D eigenvalue weighted by Crippen LogP contribution is -2.32. The lowest BCUT2D eigenvalue weighted by molar-refractivity contribution is 0.291. The van der Waals surface area contributed by atoms with Crippen LogP contribution in [0.4, 0.5) is 0 Å². The van der Waals surface area contributed by atoms with Crippen molar-refractivity contribution < 1.29 is 5.11 Å². The molecule has 4 N–H and O–H groups in total. The normalized spacial score (nSPS) is 12.4. The molecule has 0 spiro atoms. The Bertz CT molecular complexity index is 840. The van der Waals surface area contributed by atoms with Crippen molar-refractivity contribution in [1.82, 2.24) is 25.9 Å². The van der Waals surface area contributed by atoms with Gasteiger partial charge in [-0.3, -0.25) is 9.91 Å². The van der Waals surface area contributed by atoms with Crippen LogP contribution in [0.25, 0.3) is 0 Å². The Balaban J connectivity index is 0.00000512. The maximum absolute atomic E-state index is 9.63. The van der Waals surface area contributed by atoms with Gasteiger partial charge < -0.3 is 11.3 Å². The van der Waals surface area contributed by atoms with E-state index in [0.29, 0.717) is 6.54 Å². The van der Waals surface area contributed by atoms with Crippen LogP contribution < -0.4 is 11.2 Å². The van der Waals surface area contributed by atoms with Crippen LogP contribution in [-0.4, -0.2) is 44.5 Å². The number of hydrogen-bond donors (Lipinski definition) is 2. The smallest absolute Gasteiger partial charge is 0.139 e. The molecule has 7 nitrogen and oxygen atoms in total. The first-order valence-corrected chi connectivity index (χ1v) is 11.2. The maximum atomic E-state index is 9.63. The van der Waals surface area contributed by atoms with Crippen LogP contribution in [0.1, 0.15) is 52.5 Å². The topological polar surface area (TPSA) is 92.4 Å². The summed E-state index contributed by atoms with van der Waals surface area (Å²) in [6.07, 6.45) is 15.4. The van der Waals surface area contributed by atoms with Gasteiger partial charge in [-0.25, -0.2) is 4.68 Å². The summed E-state index contributed by atoms with van der Waals surface area (Å²) in [4.78, 5) is 2.53. The van der Waals surface area contributed by atoms with Crippen molar-refractivity contribution >= 4 is 0 Å². The molecule has 7 heteroatoms. The van der Waals surface area contributed by atoms with Gasteiger partial charge in [-0.05, 0) is 69.6 Å². The van der Waals surface area contributed by atoms with Gasteiger partial charge in [-0.1, -0.05) is 50.1 Å². The Morgan fingerprint density at radius 1 is 1.06 bits per heavy atom. The molecule has 0 radical (unpaired) electrons. The fourth-order valence-electron chi connectivity index (χ4n) is 3.42. The average molecular weight is 441 g/mol. The molecule has 1 aromatic heterocycles. The zero-order chi connectivity index (χ0) is 22.5.